The normalized spacial score (nSPS) is 17.2. The van der Waals surface area contributed by atoms with Gasteiger partial charge in [0.2, 0.25) is 0 Å². The zero-order valence-electron chi connectivity index (χ0n) is 19.4. The summed E-state index contributed by atoms with van der Waals surface area (Å²) in [6.45, 7) is 5.87. The molecule has 0 saturated carbocycles. The van der Waals surface area contributed by atoms with Gasteiger partial charge >= 0.3 is 0 Å². The number of benzene rings is 2. The molecule has 3 heterocycles. The molecule has 0 aliphatic carbocycles. The summed E-state index contributed by atoms with van der Waals surface area (Å²) in [5.41, 5.74) is 6.11. The molecule has 7 nitrogen and oxygen atoms in total. The first-order valence-corrected chi connectivity index (χ1v) is 13.1. The van der Waals surface area contributed by atoms with Crippen LogP contribution >= 0.6 is 0 Å². The fourth-order valence-corrected chi connectivity index (χ4v) is 6.18. The van der Waals surface area contributed by atoms with E-state index in [0.29, 0.717) is 40.1 Å². The Bertz CT molecular complexity index is 1520. The van der Waals surface area contributed by atoms with Crippen molar-refractivity contribution in [3.05, 3.63) is 77.0 Å². The van der Waals surface area contributed by atoms with Gasteiger partial charge in [0.25, 0.3) is 5.91 Å². The number of pyridine rings is 1. The molecule has 2 aromatic carbocycles. The maximum atomic E-state index is 13.5. The van der Waals surface area contributed by atoms with E-state index >= 15 is 0 Å². The van der Waals surface area contributed by atoms with Crippen molar-refractivity contribution in [2.75, 3.05) is 16.8 Å². The van der Waals surface area contributed by atoms with Gasteiger partial charge in [-0.15, -0.1) is 0 Å². The Hall–Kier alpha value is -3.52. The molecule has 0 bridgehead atoms. The third kappa shape index (κ3) is 4.09. The maximum absolute atomic E-state index is 13.5. The minimum atomic E-state index is -3.11. The molecule has 1 N–H and O–H groups in total. The standard InChI is InChI=1S/C26H26N4O3S/c1-16-9-10-20(13-17(16)2)27-26(31)22-14-23(19-7-5-4-6-8-19)28-25-24(22)18(3)29-30(25)21-11-12-34(32,33)15-21/h4-10,13-14,21H,11-12,15H2,1-3H3,(H,27,31). The minimum absolute atomic E-state index is 0.0324. The molecule has 0 spiro atoms. The SMILES string of the molecule is Cc1ccc(NC(=O)c2cc(-c3ccccc3)nc3c2c(C)nn3C2CCS(=O)(=O)C2)cc1C. The van der Waals surface area contributed by atoms with Gasteiger partial charge in [-0.3, -0.25) is 4.79 Å². The molecule has 174 valence electrons. The lowest BCUT2D eigenvalue weighted by Crippen LogP contribution is -2.15. The zero-order chi connectivity index (χ0) is 24.0. The van der Waals surface area contributed by atoms with Gasteiger partial charge in [-0.1, -0.05) is 36.4 Å². The predicted molar refractivity (Wildman–Crippen MR) is 134 cm³/mol. The number of nitrogens with zero attached hydrogens (tertiary/aromatic N) is 3. The summed E-state index contributed by atoms with van der Waals surface area (Å²) in [6.07, 6.45) is 0.486. The van der Waals surface area contributed by atoms with Crippen molar-refractivity contribution >= 4 is 32.5 Å². The Morgan fingerprint density at radius 3 is 2.47 bits per heavy atom. The van der Waals surface area contributed by atoms with E-state index in [4.69, 9.17) is 4.98 Å². The van der Waals surface area contributed by atoms with Gasteiger partial charge < -0.3 is 5.32 Å². The van der Waals surface area contributed by atoms with Crippen molar-refractivity contribution in [3.63, 3.8) is 0 Å². The van der Waals surface area contributed by atoms with E-state index in [9.17, 15) is 13.2 Å². The van der Waals surface area contributed by atoms with Crippen LogP contribution in [0.4, 0.5) is 5.69 Å². The molecule has 2 aromatic heterocycles. The van der Waals surface area contributed by atoms with E-state index in [2.05, 4.69) is 10.4 Å². The molecular weight excluding hydrogens is 448 g/mol. The number of rotatable bonds is 4. The van der Waals surface area contributed by atoms with Crippen LogP contribution in [0.3, 0.4) is 0 Å². The van der Waals surface area contributed by atoms with E-state index in [1.807, 2.05) is 69.3 Å². The molecule has 1 atom stereocenters. The summed E-state index contributed by atoms with van der Waals surface area (Å²) in [7, 11) is -3.11. The van der Waals surface area contributed by atoms with Crippen molar-refractivity contribution in [1.29, 1.82) is 0 Å². The summed E-state index contributed by atoms with van der Waals surface area (Å²) in [6, 6.07) is 16.9. The highest BCUT2D eigenvalue weighted by molar-refractivity contribution is 7.91. The van der Waals surface area contributed by atoms with Crippen LogP contribution in [-0.2, 0) is 9.84 Å². The number of fused-ring (bicyclic) bond motifs is 1. The largest absolute Gasteiger partial charge is 0.322 e. The van der Waals surface area contributed by atoms with Gasteiger partial charge in [0.05, 0.1) is 39.9 Å². The average molecular weight is 475 g/mol. The third-order valence-corrected chi connectivity index (χ3v) is 8.22. The molecule has 1 amide bonds. The van der Waals surface area contributed by atoms with Crippen LogP contribution in [0, 0.1) is 20.8 Å². The fraction of sp³-hybridized carbons (Fsp3) is 0.269. The Morgan fingerprint density at radius 1 is 1.03 bits per heavy atom. The molecule has 5 rings (SSSR count). The van der Waals surface area contributed by atoms with E-state index in [-0.39, 0.29) is 23.5 Å². The number of carbonyl (C=O) groups excluding carboxylic acids is 1. The second kappa shape index (κ2) is 8.36. The number of anilines is 1. The zero-order valence-corrected chi connectivity index (χ0v) is 20.2. The van der Waals surface area contributed by atoms with Crippen LogP contribution in [0.15, 0.2) is 54.6 Å². The number of nitrogens with one attached hydrogen (secondary N) is 1. The first kappa shape index (κ1) is 22.3. The van der Waals surface area contributed by atoms with Gasteiger partial charge in [-0.2, -0.15) is 5.10 Å². The lowest BCUT2D eigenvalue weighted by Gasteiger charge is -2.13. The van der Waals surface area contributed by atoms with Gasteiger partial charge in [-0.25, -0.2) is 18.1 Å². The van der Waals surface area contributed by atoms with E-state index < -0.39 is 9.84 Å². The Balaban J connectivity index is 1.66. The minimum Gasteiger partial charge on any atom is -0.322 e. The van der Waals surface area contributed by atoms with Gasteiger partial charge in [0.1, 0.15) is 0 Å². The van der Waals surface area contributed by atoms with E-state index in [0.717, 1.165) is 16.7 Å². The molecule has 34 heavy (non-hydrogen) atoms. The highest BCUT2D eigenvalue weighted by Crippen LogP contribution is 2.32. The number of carbonyl (C=O) groups is 1. The Labute approximate surface area is 198 Å². The molecule has 1 fully saturated rings. The van der Waals surface area contributed by atoms with Gasteiger partial charge in [0.15, 0.2) is 15.5 Å². The van der Waals surface area contributed by atoms with E-state index in [1.54, 1.807) is 10.7 Å². The highest BCUT2D eigenvalue weighted by atomic mass is 32.2. The predicted octanol–water partition coefficient (Wildman–Crippen LogP) is 4.64. The van der Waals surface area contributed by atoms with Crippen LogP contribution in [0.1, 0.15) is 39.6 Å². The van der Waals surface area contributed by atoms with Crippen molar-refractivity contribution < 1.29 is 13.2 Å². The van der Waals surface area contributed by atoms with Crippen molar-refractivity contribution in [2.24, 2.45) is 0 Å². The lowest BCUT2D eigenvalue weighted by molar-refractivity contribution is 0.102. The number of aryl methyl sites for hydroxylation is 3. The van der Waals surface area contributed by atoms with Gasteiger partial charge in [0, 0.05) is 11.3 Å². The summed E-state index contributed by atoms with van der Waals surface area (Å²) in [5.74, 6) is -0.0872. The van der Waals surface area contributed by atoms with Crippen molar-refractivity contribution in [1.82, 2.24) is 14.8 Å². The monoisotopic (exact) mass is 474 g/mol. The molecule has 1 aliphatic rings. The van der Waals surface area contributed by atoms with Gasteiger partial charge in [-0.05, 0) is 56.5 Å². The first-order chi connectivity index (χ1) is 16.2. The van der Waals surface area contributed by atoms with Crippen LogP contribution in [-0.4, -0.2) is 40.6 Å². The molecule has 1 unspecified atom stereocenters. The summed E-state index contributed by atoms with van der Waals surface area (Å²) >= 11 is 0. The van der Waals surface area contributed by atoms with Crippen molar-refractivity contribution in [2.45, 2.75) is 33.2 Å². The van der Waals surface area contributed by atoms with E-state index in [1.165, 1.54) is 0 Å². The molecular formula is C26H26N4O3S. The molecule has 1 aliphatic heterocycles. The lowest BCUT2D eigenvalue weighted by atomic mass is 10.0. The molecule has 4 aromatic rings. The summed E-state index contributed by atoms with van der Waals surface area (Å²) < 4.78 is 26.0. The molecule has 8 heteroatoms. The fourth-order valence-electron chi connectivity index (χ4n) is 4.49. The number of amides is 1. The smallest absolute Gasteiger partial charge is 0.256 e. The quantitative estimate of drug-likeness (QED) is 0.465. The highest BCUT2D eigenvalue weighted by Gasteiger charge is 2.32. The Morgan fingerprint density at radius 2 is 1.79 bits per heavy atom. The number of sulfone groups is 1. The van der Waals surface area contributed by atoms with Crippen LogP contribution in [0.5, 0.6) is 0 Å². The summed E-state index contributed by atoms with van der Waals surface area (Å²) in [5, 5.41) is 8.32. The summed E-state index contributed by atoms with van der Waals surface area (Å²) in [4.78, 5) is 18.4. The average Bonchev–Trinajstić information content (AvgIpc) is 3.35. The Kier molecular flexibility index (Phi) is 5.48. The molecule has 0 radical (unpaired) electrons. The molecule has 1 saturated heterocycles. The first-order valence-electron chi connectivity index (χ1n) is 11.3. The van der Waals surface area contributed by atoms with Crippen molar-refractivity contribution in [3.8, 4) is 11.3 Å². The topological polar surface area (TPSA) is 93.9 Å². The number of hydrogen-bond acceptors (Lipinski definition) is 5. The van der Waals surface area contributed by atoms with Crippen LogP contribution in [0.25, 0.3) is 22.3 Å². The van der Waals surface area contributed by atoms with Crippen LogP contribution in [0.2, 0.25) is 0 Å². The second-order valence-electron chi connectivity index (χ2n) is 8.96. The van der Waals surface area contributed by atoms with Crippen LogP contribution < -0.4 is 5.32 Å². The third-order valence-electron chi connectivity index (χ3n) is 6.47. The second-order valence-corrected chi connectivity index (χ2v) is 11.2. The maximum Gasteiger partial charge on any atom is 0.256 e. The number of hydrogen-bond donors (Lipinski definition) is 1. The number of aromatic nitrogens is 3.